The molecule has 0 saturated carbocycles. The summed E-state index contributed by atoms with van der Waals surface area (Å²) in [6, 6.07) is 13.4. The van der Waals surface area contributed by atoms with E-state index in [1.54, 1.807) is 13.1 Å². The number of sulfonamides is 1. The smallest absolute Gasteiger partial charge is 0.242 e. The second kappa shape index (κ2) is 12.0. The van der Waals surface area contributed by atoms with Gasteiger partial charge in [0.2, 0.25) is 10.0 Å². The van der Waals surface area contributed by atoms with Crippen molar-refractivity contribution in [3.63, 3.8) is 0 Å². The Labute approximate surface area is 173 Å². The number of hydrogen-bond donors (Lipinski definition) is 3. The first-order valence-electron chi connectivity index (χ1n) is 9.71. The molecule has 3 N–H and O–H groups in total. The van der Waals surface area contributed by atoms with E-state index in [1.807, 2.05) is 18.2 Å². The van der Waals surface area contributed by atoms with Crippen molar-refractivity contribution < 1.29 is 8.42 Å². The Kier molecular flexibility index (Phi) is 9.39. The first kappa shape index (κ1) is 22.6. The molecule has 158 valence electrons. The zero-order chi connectivity index (χ0) is 21.0. The van der Waals surface area contributed by atoms with Crippen LogP contribution in [-0.4, -0.2) is 59.1 Å². The van der Waals surface area contributed by atoms with E-state index in [0.29, 0.717) is 12.5 Å². The van der Waals surface area contributed by atoms with Gasteiger partial charge in [0.15, 0.2) is 5.96 Å². The fourth-order valence-electron chi connectivity index (χ4n) is 2.76. The maximum absolute atomic E-state index is 12.1. The molecule has 0 amide bonds. The first-order valence-corrected chi connectivity index (χ1v) is 11.2. The van der Waals surface area contributed by atoms with Crippen LogP contribution >= 0.6 is 0 Å². The van der Waals surface area contributed by atoms with Gasteiger partial charge >= 0.3 is 0 Å². The number of anilines is 1. The number of rotatable bonds is 11. The van der Waals surface area contributed by atoms with Crippen LogP contribution in [0, 0.1) is 0 Å². The summed E-state index contributed by atoms with van der Waals surface area (Å²) < 4.78 is 26.8. The molecule has 0 unspecified atom stereocenters. The van der Waals surface area contributed by atoms with Crippen LogP contribution in [0.5, 0.6) is 0 Å². The normalized spacial score (nSPS) is 11.9. The van der Waals surface area contributed by atoms with Gasteiger partial charge in [-0.1, -0.05) is 18.2 Å². The molecule has 0 radical (unpaired) electrons. The van der Waals surface area contributed by atoms with Crippen molar-refractivity contribution in [2.45, 2.75) is 18.2 Å². The Morgan fingerprint density at radius 2 is 1.83 bits per heavy atom. The number of guanidine groups is 1. The zero-order valence-electron chi connectivity index (χ0n) is 17.0. The van der Waals surface area contributed by atoms with Gasteiger partial charge in [-0.15, -0.1) is 0 Å². The highest BCUT2D eigenvalue weighted by Gasteiger charge is 2.12. The Morgan fingerprint density at radius 3 is 2.48 bits per heavy atom. The molecule has 0 atom stereocenters. The van der Waals surface area contributed by atoms with Gasteiger partial charge in [0.1, 0.15) is 4.90 Å². The third-order valence-corrected chi connectivity index (χ3v) is 5.72. The SMILES string of the molecule is CCN(CCCNC(=NC)NCCNS(=O)(=O)c1cccnc1)c1ccccc1. The number of hydrogen-bond acceptors (Lipinski definition) is 5. The van der Waals surface area contributed by atoms with Crippen LogP contribution < -0.4 is 20.3 Å². The van der Waals surface area contributed by atoms with Gasteiger partial charge in [-0.25, -0.2) is 13.1 Å². The summed E-state index contributed by atoms with van der Waals surface area (Å²) in [6.07, 6.45) is 3.82. The molecule has 0 aliphatic carbocycles. The van der Waals surface area contributed by atoms with Gasteiger partial charge in [-0.3, -0.25) is 9.98 Å². The Bertz CT molecular complexity index is 844. The second-order valence-corrected chi connectivity index (χ2v) is 8.05. The average molecular weight is 419 g/mol. The van der Waals surface area contributed by atoms with Crippen LogP contribution in [-0.2, 0) is 10.0 Å². The summed E-state index contributed by atoms with van der Waals surface area (Å²) in [5.74, 6) is 0.647. The van der Waals surface area contributed by atoms with Crippen molar-refractivity contribution in [3.05, 3.63) is 54.9 Å². The molecule has 0 spiro atoms. The van der Waals surface area contributed by atoms with Crippen LogP contribution in [0.4, 0.5) is 5.69 Å². The van der Waals surface area contributed by atoms with E-state index < -0.39 is 10.0 Å². The fourth-order valence-corrected chi connectivity index (χ4v) is 3.76. The summed E-state index contributed by atoms with van der Waals surface area (Å²) in [5, 5.41) is 6.36. The quantitative estimate of drug-likeness (QED) is 0.290. The van der Waals surface area contributed by atoms with Gasteiger partial charge in [-0.2, -0.15) is 0 Å². The summed E-state index contributed by atoms with van der Waals surface area (Å²) in [7, 11) is -1.85. The molecule has 9 heteroatoms. The number of pyridine rings is 1. The minimum atomic E-state index is -3.54. The lowest BCUT2D eigenvalue weighted by Gasteiger charge is -2.23. The van der Waals surface area contributed by atoms with Crippen LogP contribution in [0.1, 0.15) is 13.3 Å². The average Bonchev–Trinajstić information content (AvgIpc) is 2.76. The number of nitrogens with zero attached hydrogens (tertiary/aromatic N) is 3. The van der Waals surface area contributed by atoms with Crippen molar-refractivity contribution in [3.8, 4) is 0 Å². The monoisotopic (exact) mass is 418 g/mol. The van der Waals surface area contributed by atoms with Crippen LogP contribution in [0.15, 0.2) is 64.7 Å². The molecule has 29 heavy (non-hydrogen) atoms. The molecule has 0 fully saturated rings. The van der Waals surface area contributed by atoms with Gasteiger partial charge in [0.05, 0.1) is 0 Å². The molecule has 1 aromatic carbocycles. The molecule has 8 nitrogen and oxygen atoms in total. The van der Waals surface area contributed by atoms with E-state index in [2.05, 4.69) is 49.3 Å². The van der Waals surface area contributed by atoms with E-state index in [4.69, 9.17) is 0 Å². The molecule has 0 bridgehead atoms. The summed E-state index contributed by atoms with van der Waals surface area (Å²) in [4.78, 5) is 10.5. The predicted octanol–water partition coefficient (Wildman–Crippen LogP) is 1.44. The zero-order valence-corrected chi connectivity index (χ0v) is 17.8. The third-order valence-electron chi connectivity index (χ3n) is 4.28. The minimum absolute atomic E-state index is 0.154. The van der Waals surface area contributed by atoms with Crippen molar-refractivity contribution in [2.24, 2.45) is 4.99 Å². The second-order valence-electron chi connectivity index (χ2n) is 6.28. The topological polar surface area (TPSA) is 98.7 Å². The summed E-state index contributed by atoms with van der Waals surface area (Å²) in [5.41, 5.74) is 1.22. The Hall–Kier alpha value is -2.65. The van der Waals surface area contributed by atoms with Crippen LogP contribution in [0.2, 0.25) is 0 Å². The molecule has 0 aliphatic heterocycles. The van der Waals surface area contributed by atoms with E-state index in [1.165, 1.54) is 24.1 Å². The van der Waals surface area contributed by atoms with Gasteiger partial charge in [-0.05, 0) is 37.6 Å². The highest BCUT2D eigenvalue weighted by atomic mass is 32.2. The number of nitrogens with one attached hydrogen (secondary N) is 3. The van der Waals surface area contributed by atoms with E-state index in [-0.39, 0.29) is 11.4 Å². The molecule has 2 aromatic rings. The lowest BCUT2D eigenvalue weighted by atomic mass is 10.2. The van der Waals surface area contributed by atoms with Gasteiger partial charge in [0, 0.05) is 57.9 Å². The van der Waals surface area contributed by atoms with Crippen molar-refractivity contribution in [1.82, 2.24) is 20.3 Å². The molecule has 0 aliphatic rings. The maximum Gasteiger partial charge on any atom is 0.242 e. The third kappa shape index (κ3) is 7.71. The highest BCUT2D eigenvalue weighted by Crippen LogP contribution is 2.12. The molecule has 1 aromatic heterocycles. The van der Waals surface area contributed by atoms with Gasteiger partial charge in [0.25, 0.3) is 0 Å². The standard InChI is InChI=1S/C20H30N6O2S/c1-3-26(18-9-5-4-6-10-18)16-8-13-23-20(21-2)24-14-15-25-29(27,28)19-11-7-12-22-17-19/h4-7,9-12,17,25H,3,8,13-16H2,1-2H3,(H2,21,23,24). The lowest BCUT2D eigenvalue weighted by molar-refractivity contribution is 0.580. The number of aliphatic imine (C=N–C) groups is 1. The molecular formula is C20H30N6O2S. The van der Waals surface area contributed by atoms with E-state index in [0.717, 1.165) is 26.1 Å². The van der Waals surface area contributed by atoms with Crippen molar-refractivity contribution in [1.29, 1.82) is 0 Å². The van der Waals surface area contributed by atoms with Crippen molar-refractivity contribution >= 4 is 21.7 Å². The summed E-state index contributed by atoms with van der Waals surface area (Å²) in [6.45, 7) is 5.47. The highest BCUT2D eigenvalue weighted by molar-refractivity contribution is 7.89. The van der Waals surface area contributed by atoms with E-state index in [9.17, 15) is 8.42 Å². The maximum atomic E-state index is 12.1. The molecular weight excluding hydrogens is 388 g/mol. The fraction of sp³-hybridized carbons (Fsp3) is 0.400. The largest absolute Gasteiger partial charge is 0.372 e. The number of benzene rings is 1. The summed E-state index contributed by atoms with van der Waals surface area (Å²) >= 11 is 0. The minimum Gasteiger partial charge on any atom is -0.372 e. The molecule has 2 rings (SSSR count). The van der Waals surface area contributed by atoms with Crippen molar-refractivity contribution in [2.75, 3.05) is 44.7 Å². The Morgan fingerprint density at radius 1 is 1.07 bits per heavy atom. The van der Waals surface area contributed by atoms with E-state index >= 15 is 0 Å². The molecule has 0 saturated heterocycles. The van der Waals surface area contributed by atoms with Crippen LogP contribution in [0.25, 0.3) is 0 Å². The van der Waals surface area contributed by atoms with Gasteiger partial charge < -0.3 is 15.5 Å². The predicted molar refractivity (Wildman–Crippen MR) is 118 cm³/mol. The Balaban J connectivity index is 1.66. The number of para-hydroxylation sites is 1. The first-order chi connectivity index (χ1) is 14.1. The number of aromatic nitrogens is 1. The van der Waals surface area contributed by atoms with Crippen LogP contribution in [0.3, 0.4) is 0 Å². The lowest BCUT2D eigenvalue weighted by Crippen LogP contribution is -2.42. The molecule has 1 heterocycles.